The van der Waals surface area contributed by atoms with Gasteiger partial charge in [0.05, 0.1) is 22.1 Å². The van der Waals surface area contributed by atoms with Gasteiger partial charge in [0.15, 0.2) is 0 Å². The van der Waals surface area contributed by atoms with Crippen LogP contribution < -0.4 is 16.4 Å². The van der Waals surface area contributed by atoms with Crippen LogP contribution in [0.15, 0.2) is 132 Å². The molecule has 6 heteroatoms. The molecule has 11 aromatic rings. The molecule has 7 aromatic carbocycles. The number of nitrogens with zero attached hydrogens (tertiary/aromatic N) is 3. The first kappa shape index (κ1) is 27.9. The number of thiophene rings is 1. The van der Waals surface area contributed by atoms with Crippen LogP contribution in [0.4, 0.5) is 0 Å². The van der Waals surface area contributed by atoms with Crippen LogP contribution >= 0.6 is 11.3 Å². The normalized spacial score (nSPS) is 13.4. The van der Waals surface area contributed by atoms with Crippen LogP contribution in [0, 0.1) is 0 Å². The molecule has 0 saturated heterocycles. The zero-order valence-electron chi connectivity index (χ0n) is 28.4. The van der Waals surface area contributed by atoms with Gasteiger partial charge in [-0.3, -0.25) is 8.97 Å². The number of aromatic nitrogens is 3. The van der Waals surface area contributed by atoms with Crippen LogP contribution in [0.1, 0.15) is 26.3 Å². The van der Waals surface area contributed by atoms with Crippen LogP contribution in [0.2, 0.25) is 0 Å². The lowest BCUT2D eigenvalue weighted by Gasteiger charge is -2.31. The van der Waals surface area contributed by atoms with E-state index in [1.54, 1.807) is 0 Å². The van der Waals surface area contributed by atoms with Gasteiger partial charge in [-0.1, -0.05) is 111 Å². The number of benzene rings is 7. The fourth-order valence-corrected chi connectivity index (χ4v) is 10.1. The fraction of sp³-hybridized carbons (Fsp3) is 0.0889. The van der Waals surface area contributed by atoms with Gasteiger partial charge >= 0.3 is 0 Å². The highest BCUT2D eigenvalue weighted by atomic mass is 32.1. The lowest BCUT2D eigenvalue weighted by molar-refractivity contribution is 0.590. The minimum atomic E-state index is 0.0454. The van der Waals surface area contributed by atoms with Crippen molar-refractivity contribution in [3.05, 3.63) is 133 Å². The standard InChI is InChI=1S/C45H30BN3OS/c1-45(2,3)26-16-18-27(19-17-26)46-31-20-15-25-9-8-12-33-40(25)43(31)49(34-21-22-39-41(42(34)46)29-11-5-7-14-38(29)51-39)44-47-32-24-37-30(23-35(32)48(33)44)28-10-4-6-13-36(28)50-37/h4-24H,1-3H3. The van der Waals surface area contributed by atoms with Gasteiger partial charge in [-0.15, -0.1) is 11.3 Å². The maximum absolute atomic E-state index is 6.36. The summed E-state index contributed by atoms with van der Waals surface area (Å²) in [5, 5.41) is 7.37. The molecule has 0 fully saturated rings. The van der Waals surface area contributed by atoms with Gasteiger partial charge in [0, 0.05) is 37.3 Å². The molecule has 4 aromatic heterocycles. The Hall–Kier alpha value is -5.85. The molecule has 0 unspecified atom stereocenters. The average molecular weight is 672 g/mol. The molecule has 0 amide bonds. The van der Waals surface area contributed by atoms with Crippen molar-refractivity contribution in [2.75, 3.05) is 0 Å². The van der Waals surface area contributed by atoms with Crippen LogP contribution in [0.25, 0.3) is 86.4 Å². The second-order valence-electron chi connectivity index (χ2n) is 15.2. The highest BCUT2D eigenvalue weighted by Crippen LogP contribution is 2.40. The zero-order valence-corrected chi connectivity index (χ0v) is 29.2. The van der Waals surface area contributed by atoms with E-state index in [-0.39, 0.29) is 12.1 Å². The summed E-state index contributed by atoms with van der Waals surface area (Å²) in [5.74, 6) is 0.913. The Labute approximate surface area is 297 Å². The molecule has 0 spiro atoms. The summed E-state index contributed by atoms with van der Waals surface area (Å²) in [6.07, 6.45) is 0. The van der Waals surface area contributed by atoms with Crippen molar-refractivity contribution in [1.29, 1.82) is 0 Å². The van der Waals surface area contributed by atoms with Gasteiger partial charge in [-0.05, 0) is 74.5 Å². The number of furan rings is 1. The second kappa shape index (κ2) is 9.48. The Kier molecular flexibility index (Phi) is 5.19. The predicted octanol–water partition coefficient (Wildman–Crippen LogP) is 9.98. The van der Waals surface area contributed by atoms with E-state index in [1.165, 1.54) is 64.1 Å². The van der Waals surface area contributed by atoms with Gasteiger partial charge in [0.25, 0.3) is 0 Å². The summed E-state index contributed by atoms with van der Waals surface area (Å²) in [6, 6.07) is 47.1. The third-order valence-electron chi connectivity index (χ3n) is 11.3. The fourth-order valence-electron chi connectivity index (χ4n) is 9.01. The topological polar surface area (TPSA) is 35.4 Å². The van der Waals surface area contributed by atoms with Gasteiger partial charge in [-0.2, -0.15) is 0 Å². The summed E-state index contributed by atoms with van der Waals surface area (Å²) in [4.78, 5) is 5.48. The van der Waals surface area contributed by atoms with Crippen molar-refractivity contribution in [2.24, 2.45) is 0 Å². The van der Waals surface area contributed by atoms with Gasteiger partial charge in [0.2, 0.25) is 12.5 Å². The molecule has 240 valence electrons. The molecule has 0 saturated carbocycles. The maximum Gasteiger partial charge on any atom is 0.247 e. The van der Waals surface area contributed by atoms with Crippen molar-refractivity contribution >= 4 is 115 Å². The Balaban J connectivity index is 1.29. The second-order valence-corrected chi connectivity index (χ2v) is 16.3. The average Bonchev–Trinajstić information content (AvgIpc) is 3.83. The zero-order chi connectivity index (χ0) is 33.7. The summed E-state index contributed by atoms with van der Waals surface area (Å²) in [5.41, 5.74) is 12.7. The van der Waals surface area contributed by atoms with Crippen LogP contribution in [-0.2, 0) is 5.41 Å². The van der Waals surface area contributed by atoms with Crippen LogP contribution in [0.5, 0.6) is 0 Å². The first-order valence-electron chi connectivity index (χ1n) is 17.7. The molecule has 0 radical (unpaired) electrons. The summed E-state index contributed by atoms with van der Waals surface area (Å²) in [6.45, 7) is 6.91. The highest BCUT2D eigenvalue weighted by molar-refractivity contribution is 7.26. The first-order valence-corrected chi connectivity index (χ1v) is 18.5. The molecule has 0 aliphatic carbocycles. The smallest absolute Gasteiger partial charge is 0.247 e. The third kappa shape index (κ3) is 3.57. The molecule has 0 N–H and O–H groups in total. The molecule has 1 aliphatic heterocycles. The van der Waals surface area contributed by atoms with Crippen molar-refractivity contribution in [1.82, 2.24) is 14.0 Å². The molecule has 0 atom stereocenters. The molecule has 0 bridgehead atoms. The molecule has 1 aliphatic rings. The largest absolute Gasteiger partial charge is 0.456 e. The van der Waals surface area contributed by atoms with E-state index < -0.39 is 0 Å². The number of para-hydroxylation sites is 1. The SMILES string of the molecule is CC(C)(C)c1ccc(B2c3c(ccc4sc5ccccc5c34)-n3c4c2ccc2cccc(c24)n2c4cc5c(cc4nc32)oc2ccccc25)cc1. The Morgan fingerprint density at radius 1 is 0.667 bits per heavy atom. The minimum Gasteiger partial charge on any atom is -0.456 e. The van der Waals surface area contributed by atoms with Crippen molar-refractivity contribution in [3.63, 3.8) is 0 Å². The number of hydrogen-bond donors (Lipinski definition) is 0. The lowest BCUT2D eigenvalue weighted by Crippen LogP contribution is -2.56. The van der Waals surface area contributed by atoms with E-state index in [0.29, 0.717) is 0 Å². The number of hydrogen-bond acceptors (Lipinski definition) is 3. The lowest BCUT2D eigenvalue weighted by atomic mass is 9.35. The minimum absolute atomic E-state index is 0.0454. The molecular weight excluding hydrogens is 641 g/mol. The molecule has 51 heavy (non-hydrogen) atoms. The van der Waals surface area contributed by atoms with Gasteiger partial charge < -0.3 is 4.42 Å². The van der Waals surface area contributed by atoms with E-state index in [2.05, 4.69) is 145 Å². The summed E-state index contributed by atoms with van der Waals surface area (Å²) >= 11 is 1.88. The number of imidazole rings is 1. The Morgan fingerprint density at radius 2 is 1.49 bits per heavy atom. The Bertz CT molecular complexity index is 3300. The summed E-state index contributed by atoms with van der Waals surface area (Å²) < 4.78 is 13.8. The quantitative estimate of drug-likeness (QED) is 0.163. The van der Waals surface area contributed by atoms with Crippen LogP contribution in [0.3, 0.4) is 0 Å². The third-order valence-corrected chi connectivity index (χ3v) is 12.5. The van der Waals surface area contributed by atoms with E-state index >= 15 is 0 Å². The van der Waals surface area contributed by atoms with E-state index in [9.17, 15) is 0 Å². The Morgan fingerprint density at radius 3 is 2.35 bits per heavy atom. The molecule has 4 nitrogen and oxygen atoms in total. The van der Waals surface area contributed by atoms with Crippen molar-refractivity contribution in [2.45, 2.75) is 26.2 Å². The van der Waals surface area contributed by atoms with E-state index in [1.807, 2.05) is 23.5 Å². The first-order chi connectivity index (χ1) is 24.9. The van der Waals surface area contributed by atoms with Crippen molar-refractivity contribution < 1.29 is 4.42 Å². The van der Waals surface area contributed by atoms with Crippen molar-refractivity contribution in [3.8, 4) is 5.69 Å². The molecule has 12 rings (SSSR count). The molecular formula is C45H30BN3OS. The number of fused-ring (bicyclic) bond motifs is 14. The molecule has 5 heterocycles. The van der Waals surface area contributed by atoms with E-state index in [0.717, 1.165) is 44.3 Å². The number of rotatable bonds is 1. The van der Waals surface area contributed by atoms with Gasteiger partial charge in [0.1, 0.15) is 11.2 Å². The van der Waals surface area contributed by atoms with E-state index in [4.69, 9.17) is 9.40 Å². The summed E-state index contributed by atoms with van der Waals surface area (Å²) in [7, 11) is 0. The maximum atomic E-state index is 6.36. The predicted molar refractivity (Wildman–Crippen MR) is 217 cm³/mol. The highest BCUT2D eigenvalue weighted by Gasteiger charge is 2.36. The van der Waals surface area contributed by atoms with Crippen LogP contribution in [-0.4, -0.2) is 20.7 Å². The van der Waals surface area contributed by atoms with Gasteiger partial charge in [-0.25, -0.2) is 4.98 Å². The monoisotopic (exact) mass is 671 g/mol.